The molecule has 0 spiro atoms. The van der Waals surface area contributed by atoms with E-state index in [1.165, 1.54) is 12.1 Å². The lowest BCUT2D eigenvalue weighted by Crippen LogP contribution is -2.27. The molecule has 1 heterocycles. The molecule has 140 valence electrons. The highest BCUT2D eigenvalue weighted by molar-refractivity contribution is 5.46. The fourth-order valence-corrected chi connectivity index (χ4v) is 2.46. The molecule has 0 fully saturated rings. The molecule has 0 saturated heterocycles. The molecule has 5 nitrogen and oxygen atoms in total. The lowest BCUT2D eigenvalue weighted by atomic mass is 10.0. The molecule has 1 atom stereocenters. The summed E-state index contributed by atoms with van der Waals surface area (Å²) in [6.45, 7) is 4.16. The van der Waals surface area contributed by atoms with E-state index in [4.69, 9.17) is 4.42 Å². The Morgan fingerprint density at radius 3 is 2.31 bits per heavy atom. The van der Waals surface area contributed by atoms with E-state index in [9.17, 15) is 18.4 Å². The normalized spacial score (nSPS) is 13.1. The molecule has 0 aliphatic rings. The zero-order valence-corrected chi connectivity index (χ0v) is 15.1. The highest BCUT2D eigenvalue weighted by atomic mass is 19.4. The first-order chi connectivity index (χ1) is 12.1. The summed E-state index contributed by atoms with van der Waals surface area (Å²) in [5.74, 6) is 0.771. The third kappa shape index (κ3) is 4.55. The third-order valence-corrected chi connectivity index (χ3v) is 3.95. The van der Waals surface area contributed by atoms with Gasteiger partial charge in [0.2, 0.25) is 17.5 Å². The minimum Gasteiger partial charge on any atom is -0.424 e. The number of benzene rings is 1. The summed E-state index contributed by atoms with van der Waals surface area (Å²) >= 11 is 0. The average Bonchev–Trinajstić information content (AvgIpc) is 2.98. The molecular formula is C18H21F3N4O. The van der Waals surface area contributed by atoms with Gasteiger partial charge >= 0.3 is 6.18 Å². The smallest absolute Gasteiger partial charge is 0.416 e. The lowest BCUT2D eigenvalue weighted by Gasteiger charge is -2.25. The van der Waals surface area contributed by atoms with Crippen LogP contribution in [-0.2, 0) is 6.18 Å². The summed E-state index contributed by atoms with van der Waals surface area (Å²) in [4.78, 5) is 6.01. The SMILES string of the molecule is CC(C)c1nc(C#N)c(NC[C@H](c2ccc(C(F)(F)F)cc2)N(C)C)o1. The van der Waals surface area contributed by atoms with Gasteiger partial charge in [-0.1, -0.05) is 26.0 Å². The Balaban J connectivity index is 2.18. The van der Waals surface area contributed by atoms with Gasteiger partial charge in [-0.25, -0.2) is 4.98 Å². The van der Waals surface area contributed by atoms with E-state index in [1.54, 1.807) is 0 Å². The van der Waals surface area contributed by atoms with Crippen molar-refractivity contribution in [1.82, 2.24) is 9.88 Å². The first-order valence-corrected chi connectivity index (χ1v) is 8.11. The Morgan fingerprint density at radius 2 is 1.85 bits per heavy atom. The minimum atomic E-state index is -4.36. The highest BCUT2D eigenvalue weighted by Gasteiger charge is 2.30. The molecule has 26 heavy (non-hydrogen) atoms. The Kier molecular flexibility index (Phi) is 5.93. The van der Waals surface area contributed by atoms with Crippen LogP contribution in [-0.4, -0.2) is 30.5 Å². The highest BCUT2D eigenvalue weighted by Crippen LogP contribution is 2.31. The number of nitrogens with zero attached hydrogens (tertiary/aromatic N) is 3. The second-order valence-corrected chi connectivity index (χ2v) is 6.48. The van der Waals surface area contributed by atoms with E-state index in [0.29, 0.717) is 12.4 Å². The Morgan fingerprint density at radius 1 is 1.23 bits per heavy atom. The molecular weight excluding hydrogens is 345 g/mol. The maximum absolute atomic E-state index is 12.7. The average molecular weight is 366 g/mol. The lowest BCUT2D eigenvalue weighted by molar-refractivity contribution is -0.137. The summed E-state index contributed by atoms with van der Waals surface area (Å²) in [6.07, 6.45) is -4.36. The summed E-state index contributed by atoms with van der Waals surface area (Å²) < 4.78 is 43.8. The van der Waals surface area contributed by atoms with Crippen LogP contribution in [0.3, 0.4) is 0 Å². The van der Waals surface area contributed by atoms with Crippen molar-refractivity contribution >= 4 is 5.88 Å². The van der Waals surface area contributed by atoms with Crippen molar-refractivity contribution < 1.29 is 17.6 Å². The van der Waals surface area contributed by atoms with Gasteiger partial charge in [0.05, 0.1) is 11.6 Å². The van der Waals surface area contributed by atoms with Crippen molar-refractivity contribution in [2.45, 2.75) is 32.0 Å². The second kappa shape index (κ2) is 7.79. The third-order valence-electron chi connectivity index (χ3n) is 3.95. The van der Waals surface area contributed by atoms with Crippen molar-refractivity contribution in [3.63, 3.8) is 0 Å². The zero-order chi connectivity index (χ0) is 19.5. The van der Waals surface area contributed by atoms with Crippen molar-refractivity contribution in [3.8, 4) is 6.07 Å². The molecule has 8 heteroatoms. The Labute approximate surface area is 150 Å². The molecule has 1 aromatic heterocycles. The molecule has 0 amide bonds. The number of rotatable bonds is 6. The number of hydrogen-bond donors (Lipinski definition) is 1. The van der Waals surface area contributed by atoms with Gasteiger partial charge in [-0.2, -0.15) is 18.4 Å². The molecule has 0 radical (unpaired) electrons. The van der Waals surface area contributed by atoms with Crippen LogP contribution in [0, 0.1) is 11.3 Å². The van der Waals surface area contributed by atoms with Crippen LogP contribution in [0.15, 0.2) is 28.7 Å². The van der Waals surface area contributed by atoms with Crippen LogP contribution in [0.2, 0.25) is 0 Å². The number of nitriles is 1. The van der Waals surface area contributed by atoms with Crippen molar-refractivity contribution in [2.75, 3.05) is 26.0 Å². The largest absolute Gasteiger partial charge is 0.424 e. The van der Waals surface area contributed by atoms with Gasteiger partial charge in [-0.3, -0.25) is 0 Å². The number of likely N-dealkylation sites (N-methyl/N-ethyl adjacent to an activating group) is 1. The maximum Gasteiger partial charge on any atom is 0.416 e. The number of oxazole rings is 1. The van der Waals surface area contributed by atoms with Gasteiger partial charge in [-0.05, 0) is 31.8 Å². The topological polar surface area (TPSA) is 65.1 Å². The first kappa shape index (κ1) is 19.8. The van der Waals surface area contributed by atoms with Gasteiger partial charge in [0.1, 0.15) is 6.07 Å². The molecule has 0 bridgehead atoms. The fraction of sp³-hybridized carbons (Fsp3) is 0.444. The Hall–Kier alpha value is -2.53. The predicted molar refractivity (Wildman–Crippen MR) is 91.7 cm³/mol. The summed E-state index contributed by atoms with van der Waals surface area (Å²) in [7, 11) is 3.66. The van der Waals surface area contributed by atoms with Crippen molar-refractivity contribution in [2.24, 2.45) is 0 Å². The molecule has 0 unspecified atom stereocenters. The number of anilines is 1. The van der Waals surface area contributed by atoms with Crippen molar-refractivity contribution in [1.29, 1.82) is 5.26 Å². The van der Waals surface area contributed by atoms with Gasteiger partial charge in [0.15, 0.2) is 0 Å². The number of hydrogen-bond acceptors (Lipinski definition) is 5. The van der Waals surface area contributed by atoms with E-state index < -0.39 is 11.7 Å². The predicted octanol–water partition coefficient (Wildman–Crippen LogP) is 4.40. The summed E-state index contributed by atoms with van der Waals surface area (Å²) in [5, 5.41) is 12.2. The van der Waals surface area contributed by atoms with Crippen LogP contribution in [0.25, 0.3) is 0 Å². The van der Waals surface area contributed by atoms with Crippen molar-refractivity contribution in [3.05, 3.63) is 47.0 Å². The molecule has 2 aromatic rings. The van der Waals surface area contributed by atoms with Crippen LogP contribution < -0.4 is 5.32 Å². The van der Waals surface area contributed by atoms with E-state index >= 15 is 0 Å². The summed E-state index contributed by atoms with van der Waals surface area (Å²) in [5.41, 5.74) is 0.200. The van der Waals surface area contributed by atoms with E-state index in [-0.39, 0.29) is 23.5 Å². The minimum absolute atomic E-state index is 0.0391. The standard InChI is InChI=1S/C18H21F3N4O/c1-11(2)16-24-14(9-22)17(26-16)23-10-15(25(3)4)12-5-7-13(8-6-12)18(19,20)21/h5-8,11,15,23H,10H2,1-4H3/t15-/m1/s1. The molecule has 1 N–H and O–H groups in total. The maximum atomic E-state index is 12.7. The van der Waals surface area contributed by atoms with Gasteiger partial charge < -0.3 is 14.6 Å². The molecule has 0 saturated carbocycles. The second-order valence-electron chi connectivity index (χ2n) is 6.48. The van der Waals surface area contributed by atoms with Crippen LogP contribution in [0.1, 0.15) is 48.5 Å². The first-order valence-electron chi connectivity index (χ1n) is 8.11. The number of halogens is 3. The molecule has 2 rings (SSSR count). The summed E-state index contributed by atoms with van der Waals surface area (Å²) in [6, 6.07) is 6.82. The van der Waals surface area contributed by atoms with Gasteiger partial charge in [0.25, 0.3) is 0 Å². The van der Waals surface area contributed by atoms with E-state index in [2.05, 4.69) is 10.3 Å². The molecule has 0 aliphatic heterocycles. The Bertz CT molecular complexity index is 773. The number of nitrogens with one attached hydrogen (secondary N) is 1. The number of alkyl halides is 3. The van der Waals surface area contributed by atoms with Crippen LogP contribution >= 0.6 is 0 Å². The monoisotopic (exact) mass is 366 g/mol. The van der Waals surface area contributed by atoms with Gasteiger partial charge in [-0.15, -0.1) is 0 Å². The fourth-order valence-electron chi connectivity index (χ4n) is 2.46. The quantitative estimate of drug-likeness (QED) is 0.821. The van der Waals surface area contributed by atoms with E-state index in [0.717, 1.165) is 17.7 Å². The van der Waals surface area contributed by atoms with Crippen LogP contribution in [0.4, 0.5) is 19.1 Å². The van der Waals surface area contributed by atoms with E-state index in [1.807, 2.05) is 38.9 Å². The number of aromatic nitrogens is 1. The molecule has 0 aliphatic carbocycles. The van der Waals surface area contributed by atoms with Crippen LogP contribution in [0.5, 0.6) is 0 Å². The van der Waals surface area contributed by atoms with Gasteiger partial charge in [0, 0.05) is 12.5 Å². The zero-order valence-electron chi connectivity index (χ0n) is 15.1. The molecule has 1 aromatic carbocycles.